The van der Waals surface area contributed by atoms with Crippen LogP contribution in [0, 0.1) is 44.8 Å². The third-order valence-corrected chi connectivity index (χ3v) is 3.72. The second-order valence-corrected chi connectivity index (χ2v) is 5.69. The molecule has 18 heavy (non-hydrogen) atoms. The highest BCUT2D eigenvalue weighted by atomic mass is 16.2. The molecule has 1 fully saturated rings. The Balaban J connectivity index is 2.60. The minimum absolute atomic E-state index is 0.209. The van der Waals surface area contributed by atoms with E-state index < -0.39 is 28.1 Å². The van der Waals surface area contributed by atoms with Crippen LogP contribution in [-0.2, 0) is 9.59 Å². The van der Waals surface area contributed by atoms with Gasteiger partial charge in [-0.3, -0.25) is 9.59 Å². The molecule has 1 aliphatic carbocycles. The summed E-state index contributed by atoms with van der Waals surface area (Å²) in [7, 11) is 0. The van der Waals surface area contributed by atoms with Crippen molar-refractivity contribution in [1.29, 1.82) is 10.5 Å². The van der Waals surface area contributed by atoms with Crippen molar-refractivity contribution in [2.75, 3.05) is 0 Å². The summed E-state index contributed by atoms with van der Waals surface area (Å²) in [5.41, 5.74) is 1.59. The van der Waals surface area contributed by atoms with Gasteiger partial charge in [-0.2, -0.15) is 15.5 Å². The first kappa shape index (κ1) is 12.3. The summed E-state index contributed by atoms with van der Waals surface area (Å²) in [6.45, 7) is 5.03. The third kappa shape index (κ3) is 0.948. The van der Waals surface area contributed by atoms with Crippen LogP contribution < -0.4 is 5.73 Å². The molecule has 0 saturated heterocycles. The van der Waals surface area contributed by atoms with Gasteiger partial charge < -0.3 is 5.73 Å². The molecule has 1 saturated carbocycles. The second kappa shape index (κ2) is 2.97. The van der Waals surface area contributed by atoms with Gasteiger partial charge in [-0.15, -0.1) is 0 Å². The van der Waals surface area contributed by atoms with Gasteiger partial charge in [0.05, 0.1) is 18.1 Å². The number of aliphatic imine (C=N–C) groups is 1. The van der Waals surface area contributed by atoms with Gasteiger partial charge in [0.25, 0.3) is 5.91 Å². The number of carbonyl (C=O) groups is 2. The zero-order chi connectivity index (χ0) is 13.9. The van der Waals surface area contributed by atoms with Crippen LogP contribution in [0.2, 0.25) is 0 Å². The molecule has 0 aromatic rings. The summed E-state index contributed by atoms with van der Waals surface area (Å²) in [4.78, 5) is 27.6. The highest BCUT2D eigenvalue weighted by molar-refractivity contribution is 6.22. The van der Waals surface area contributed by atoms with Crippen molar-refractivity contribution in [3.63, 3.8) is 0 Å². The molecule has 2 N–H and O–H groups in total. The summed E-state index contributed by atoms with van der Waals surface area (Å²) in [5.74, 6) is -2.28. The molecule has 0 radical (unpaired) electrons. The topological polar surface area (TPSA) is 120 Å². The van der Waals surface area contributed by atoms with Crippen molar-refractivity contribution in [2.45, 2.75) is 20.8 Å². The van der Waals surface area contributed by atoms with E-state index in [1.54, 1.807) is 26.8 Å². The maximum absolute atomic E-state index is 12.3. The first-order chi connectivity index (χ1) is 8.20. The van der Waals surface area contributed by atoms with E-state index in [9.17, 15) is 20.1 Å². The molecular weight excluding hydrogens is 232 g/mol. The van der Waals surface area contributed by atoms with Crippen LogP contribution in [-0.4, -0.2) is 17.5 Å². The van der Waals surface area contributed by atoms with E-state index in [-0.39, 0.29) is 11.6 Å². The third-order valence-electron chi connectivity index (χ3n) is 3.72. The first-order valence-corrected chi connectivity index (χ1v) is 5.46. The van der Waals surface area contributed by atoms with Gasteiger partial charge in [0.2, 0.25) is 0 Å². The fraction of sp³-hybridized carbons (Fsp3) is 0.583. The lowest BCUT2D eigenvalue weighted by molar-refractivity contribution is -0.131. The maximum atomic E-state index is 12.3. The average molecular weight is 244 g/mol. The Labute approximate surface area is 104 Å². The summed E-state index contributed by atoms with van der Waals surface area (Å²) in [6.07, 6.45) is 0. The molecule has 0 aromatic carbocycles. The molecule has 92 valence electrons. The number of rotatable bonds is 1. The fourth-order valence-electron chi connectivity index (χ4n) is 2.64. The van der Waals surface area contributed by atoms with Crippen LogP contribution in [0.4, 0.5) is 0 Å². The highest BCUT2D eigenvalue weighted by Crippen LogP contribution is 2.73. The SMILES string of the molecule is CC(C)(C)C(=O)[C@@H]1[C@]2(C#N)C(N)=NC(=O)[C@]12C#N. The molecule has 2 aliphatic rings. The number of carbonyl (C=O) groups excluding carboxylic acids is 2. The second-order valence-electron chi connectivity index (χ2n) is 5.69. The van der Waals surface area contributed by atoms with Gasteiger partial charge in [-0.1, -0.05) is 20.8 Å². The summed E-state index contributed by atoms with van der Waals surface area (Å²) < 4.78 is 0. The summed E-state index contributed by atoms with van der Waals surface area (Å²) in [6, 6.07) is 3.67. The number of amides is 1. The molecule has 0 bridgehead atoms. The number of Topliss-reactive ketones (excluding diaryl/α,β-unsaturated/α-hetero) is 1. The Morgan fingerprint density at radius 1 is 1.33 bits per heavy atom. The number of nitrogens with two attached hydrogens (primary N) is 1. The Kier molecular flexibility index (Phi) is 2.02. The molecule has 6 heteroatoms. The van der Waals surface area contributed by atoms with Crippen LogP contribution in [0.1, 0.15) is 20.8 Å². The van der Waals surface area contributed by atoms with Gasteiger partial charge in [-0.25, -0.2) is 0 Å². The Hall–Kier alpha value is -2.21. The van der Waals surface area contributed by atoms with E-state index in [0.29, 0.717) is 0 Å². The lowest BCUT2D eigenvalue weighted by Gasteiger charge is -2.18. The lowest BCUT2D eigenvalue weighted by atomic mass is 9.84. The van der Waals surface area contributed by atoms with Crippen LogP contribution in [0.5, 0.6) is 0 Å². The van der Waals surface area contributed by atoms with Crippen LogP contribution in [0.15, 0.2) is 4.99 Å². The molecule has 6 nitrogen and oxygen atoms in total. The average Bonchev–Trinajstić information content (AvgIpc) is 2.83. The van der Waals surface area contributed by atoms with E-state index in [4.69, 9.17) is 5.73 Å². The number of nitriles is 2. The highest BCUT2D eigenvalue weighted by Gasteiger charge is 2.90. The molecular formula is C12H12N4O2. The number of nitrogens with zero attached hydrogens (tertiary/aromatic N) is 3. The number of fused-ring (bicyclic) bond motifs is 1. The van der Waals surface area contributed by atoms with Gasteiger partial charge in [0.1, 0.15) is 11.6 Å². The van der Waals surface area contributed by atoms with E-state index in [1.807, 2.05) is 6.07 Å². The van der Waals surface area contributed by atoms with Crippen LogP contribution >= 0.6 is 0 Å². The lowest BCUT2D eigenvalue weighted by Crippen LogP contribution is -2.31. The minimum Gasteiger partial charge on any atom is -0.386 e. The van der Waals surface area contributed by atoms with Crippen LogP contribution in [0.25, 0.3) is 0 Å². The Morgan fingerprint density at radius 3 is 2.17 bits per heavy atom. The summed E-state index contributed by atoms with van der Waals surface area (Å²) >= 11 is 0. The van der Waals surface area contributed by atoms with E-state index >= 15 is 0 Å². The normalized spacial score (nSPS) is 37.3. The van der Waals surface area contributed by atoms with E-state index in [0.717, 1.165) is 0 Å². The van der Waals surface area contributed by atoms with Crippen molar-refractivity contribution in [2.24, 2.45) is 32.9 Å². The predicted molar refractivity (Wildman–Crippen MR) is 60.7 cm³/mol. The molecule has 1 heterocycles. The van der Waals surface area contributed by atoms with Crippen molar-refractivity contribution in [3.05, 3.63) is 0 Å². The van der Waals surface area contributed by atoms with Gasteiger partial charge >= 0.3 is 0 Å². The number of ketones is 1. The maximum Gasteiger partial charge on any atom is 0.270 e. The minimum atomic E-state index is -1.70. The smallest absolute Gasteiger partial charge is 0.270 e. The first-order valence-electron chi connectivity index (χ1n) is 5.46. The quantitative estimate of drug-likeness (QED) is 0.703. The molecule has 1 amide bonds. The molecule has 0 aromatic heterocycles. The van der Waals surface area contributed by atoms with Gasteiger partial charge in [0, 0.05) is 5.41 Å². The fourth-order valence-corrected chi connectivity index (χ4v) is 2.64. The zero-order valence-corrected chi connectivity index (χ0v) is 10.3. The molecule has 2 rings (SSSR count). The van der Waals surface area contributed by atoms with Crippen molar-refractivity contribution in [1.82, 2.24) is 0 Å². The van der Waals surface area contributed by atoms with Crippen molar-refractivity contribution in [3.8, 4) is 12.1 Å². The Morgan fingerprint density at radius 2 is 1.83 bits per heavy atom. The molecule has 0 unspecified atom stereocenters. The number of hydrogen-bond acceptors (Lipinski definition) is 5. The number of hydrogen-bond donors (Lipinski definition) is 1. The van der Waals surface area contributed by atoms with Crippen molar-refractivity contribution >= 4 is 17.5 Å². The van der Waals surface area contributed by atoms with E-state index in [2.05, 4.69) is 4.99 Å². The monoisotopic (exact) mass is 244 g/mol. The Bertz CT molecular complexity index is 587. The summed E-state index contributed by atoms with van der Waals surface area (Å²) in [5, 5.41) is 18.5. The van der Waals surface area contributed by atoms with Gasteiger partial charge in [0.15, 0.2) is 10.8 Å². The standard InChI is InChI=1S/C12H12N4O2/c1-10(2,3)7(17)6-11(4-13)8(15)16-9(18)12(6,11)5-14/h6H,1-3H3,(H2,15,16,18)/t6-,11-,12+/m1/s1. The molecule has 3 atom stereocenters. The largest absolute Gasteiger partial charge is 0.386 e. The number of amidine groups is 1. The molecule has 1 aliphatic heterocycles. The zero-order valence-electron chi connectivity index (χ0n) is 10.3. The van der Waals surface area contributed by atoms with E-state index in [1.165, 1.54) is 0 Å². The molecule has 0 spiro atoms. The van der Waals surface area contributed by atoms with Crippen LogP contribution in [0.3, 0.4) is 0 Å². The van der Waals surface area contributed by atoms with Gasteiger partial charge in [-0.05, 0) is 0 Å². The van der Waals surface area contributed by atoms with Crippen molar-refractivity contribution < 1.29 is 9.59 Å². The predicted octanol–water partition coefficient (Wildman–Crippen LogP) is 0.149.